The van der Waals surface area contributed by atoms with Crippen LogP contribution in [0.25, 0.3) is 10.8 Å². The van der Waals surface area contributed by atoms with Crippen LogP contribution in [-0.2, 0) is 4.79 Å². The van der Waals surface area contributed by atoms with Gasteiger partial charge in [0, 0.05) is 11.1 Å². The van der Waals surface area contributed by atoms with E-state index in [0.29, 0.717) is 30.0 Å². The number of hydrogen-bond donors (Lipinski definition) is 1. The molecule has 0 radical (unpaired) electrons. The lowest BCUT2D eigenvalue weighted by molar-refractivity contribution is -0.140. The molecule has 2 heterocycles. The van der Waals surface area contributed by atoms with Gasteiger partial charge in [-0.15, -0.1) is 0 Å². The maximum Gasteiger partial charge on any atom is 0.313 e. The quantitative estimate of drug-likeness (QED) is 0.721. The third-order valence-electron chi connectivity index (χ3n) is 5.52. The summed E-state index contributed by atoms with van der Waals surface area (Å²) in [6.07, 6.45) is 0. The predicted molar refractivity (Wildman–Crippen MR) is 100 cm³/mol. The molecule has 0 saturated carbocycles. The molecule has 134 valence electrons. The summed E-state index contributed by atoms with van der Waals surface area (Å²) in [4.78, 5) is 27.2. The molecule has 3 aromatic carbocycles. The molecule has 0 unspecified atom stereocenters. The highest BCUT2D eigenvalue weighted by Crippen LogP contribution is 2.48. The van der Waals surface area contributed by atoms with Gasteiger partial charge in [-0.2, -0.15) is 0 Å². The van der Waals surface area contributed by atoms with Crippen LogP contribution in [0, 0.1) is 0 Å². The summed E-state index contributed by atoms with van der Waals surface area (Å²) in [5.41, 5.74) is 1.81. The van der Waals surface area contributed by atoms with E-state index in [0.717, 1.165) is 16.3 Å². The van der Waals surface area contributed by atoms with Gasteiger partial charge in [0.25, 0.3) is 5.91 Å². The van der Waals surface area contributed by atoms with Crippen LogP contribution in [0.3, 0.4) is 0 Å². The maximum atomic E-state index is 13.2. The first-order chi connectivity index (χ1) is 13.2. The fraction of sp³-hybridized carbons (Fsp3) is 0.182. The lowest BCUT2D eigenvalue weighted by Crippen LogP contribution is -2.45. The maximum absolute atomic E-state index is 13.2. The van der Waals surface area contributed by atoms with Crippen LogP contribution in [0.2, 0.25) is 0 Å². The summed E-state index contributed by atoms with van der Waals surface area (Å²) in [5.74, 6) is -1.27. The molecule has 27 heavy (non-hydrogen) atoms. The molecule has 5 nitrogen and oxygen atoms in total. The number of benzene rings is 3. The van der Waals surface area contributed by atoms with Gasteiger partial charge in [0.1, 0.15) is 18.3 Å². The van der Waals surface area contributed by atoms with Gasteiger partial charge in [-0.25, -0.2) is 0 Å². The Hall–Kier alpha value is -3.34. The highest BCUT2D eigenvalue weighted by atomic mass is 16.5. The van der Waals surface area contributed by atoms with E-state index in [2.05, 4.69) is 0 Å². The van der Waals surface area contributed by atoms with Crippen LogP contribution < -0.4 is 4.74 Å². The van der Waals surface area contributed by atoms with E-state index < -0.39 is 17.9 Å². The van der Waals surface area contributed by atoms with E-state index in [1.807, 2.05) is 36.4 Å². The zero-order valence-corrected chi connectivity index (χ0v) is 14.5. The minimum absolute atomic E-state index is 0.141. The van der Waals surface area contributed by atoms with Crippen LogP contribution in [-0.4, -0.2) is 35.0 Å². The van der Waals surface area contributed by atoms with E-state index in [9.17, 15) is 14.7 Å². The Morgan fingerprint density at radius 2 is 1.81 bits per heavy atom. The highest BCUT2D eigenvalue weighted by Gasteiger charge is 2.46. The molecule has 0 aromatic heterocycles. The molecule has 3 aromatic rings. The number of carboxylic acids is 1. The Morgan fingerprint density at radius 3 is 2.67 bits per heavy atom. The number of rotatable bonds is 1. The van der Waals surface area contributed by atoms with Gasteiger partial charge in [-0.05, 0) is 28.5 Å². The first kappa shape index (κ1) is 15.9. The zero-order valence-electron chi connectivity index (χ0n) is 14.5. The Labute approximate surface area is 155 Å². The first-order valence-electron chi connectivity index (χ1n) is 8.94. The number of ether oxygens (including phenoxy) is 1. The summed E-state index contributed by atoms with van der Waals surface area (Å²) in [6.45, 7) is 0.687. The van der Waals surface area contributed by atoms with E-state index in [1.54, 1.807) is 29.2 Å². The van der Waals surface area contributed by atoms with Gasteiger partial charge < -0.3 is 14.7 Å². The molecule has 0 spiro atoms. The second-order valence-electron chi connectivity index (χ2n) is 6.89. The Kier molecular flexibility index (Phi) is 3.44. The number of carboxylic acid groups (broad SMARTS) is 1. The lowest BCUT2D eigenvalue weighted by atomic mass is 9.78. The topological polar surface area (TPSA) is 66.8 Å². The van der Waals surface area contributed by atoms with Crippen molar-refractivity contribution in [2.24, 2.45) is 0 Å². The average molecular weight is 359 g/mol. The van der Waals surface area contributed by atoms with Crippen molar-refractivity contribution < 1.29 is 19.4 Å². The van der Waals surface area contributed by atoms with Crippen molar-refractivity contribution in [3.8, 4) is 5.75 Å². The number of hydrogen-bond acceptors (Lipinski definition) is 3. The smallest absolute Gasteiger partial charge is 0.313 e. The number of nitrogens with zero attached hydrogens (tertiary/aromatic N) is 1. The van der Waals surface area contributed by atoms with Gasteiger partial charge in [0.05, 0.1) is 12.6 Å². The molecule has 0 bridgehead atoms. The largest absolute Gasteiger partial charge is 0.491 e. The average Bonchev–Trinajstić information content (AvgIpc) is 2.88. The highest BCUT2D eigenvalue weighted by molar-refractivity contribution is 6.01. The van der Waals surface area contributed by atoms with Crippen molar-refractivity contribution in [2.45, 2.75) is 12.0 Å². The molecular formula is C22H17NO4. The molecule has 0 saturated heterocycles. The van der Waals surface area contributed by atoms with Crippen molar-refractivity contribution in [3.63, 3.8) is 0 Å². The molecule has 2 aliphatic rings. The number of carbonyl (C=O) groups excluding carboxylic acids is 1. The van der Waals surface area contributed by atoms with Crippen LogP contribution in [0.15, 0.2) is 60.7 Å². The standard InChI is InChI=1S/C22H17NO4/c24-21-16-8-4-3-7-15(16)19(22(25)26)20-18-14-6-2-1-5-13(14)9-10-17(18)27-12-11-23(20)21/h1-10,19-20H,11-12H2,(H,25,26)/t19-,20+/m1/s1. The molecule has 5 rings (SSSR count). The molecule has 0 fully saturated rings. The van der Waals surface area contributed by atoms with Crippen LogP contribution in [0.1, 0.15) is 33.4 Å². The van der Waals surface area contributed by atoms with Gasteiger partial charge in [0.15, 0.2) is 0 Å². The van der Waals surface area contributed by atoms with Crippen LogP contribution in [0.4, 0.5) is 0 Å². The molecule has 2 atom stereocenters. The lowest BCUT2D eigenvalue weighted by Gasteiger charge is -2.39. The Balaban J connectivity index is 1.85. The minimum atomic E-state index is -0.939. The van der Waals surface area contributed by atoms with Crippen molar-refractivity contribution in [1.82, 2.24) is 4.90 Å². The predicted octanol–water partition coefficient (Wildman–Crippen LogP) is 3.60. The fourth-order valence-electron chi connectivity index (χ4n) is 4.39. The van der Waals surface area contributed by atoms with Gasteiger partial charge >= 0.3 is 5.97 Å². The van der Waals surface area contributed by atoms with Crippen molar-refractivity contribution in [3.05, 3.63) is 77.4 Å². The summed E-state index contributed by atoms with van der Waals surface area (Å²) >= 11 is 0. The molecule has 5 heteroatoms. The van der Waals surface area contributed by atoms with Gasteiger partial charge in [-0.1, -0.05) is 48.5 Å². The number of fused-ring (bicyclic) bond motifs is 6. The Bertz CT molecular complexity index is 1090. The minimum Gasteiger partial charge on any atom is -0.491 e. The third kappa shape index (κ3) is 2.24. The normalized spacial score (nSPS) is 20.9. The third-order valence-corrected chi connectivity index (χ3v) is 5.52. The molecule has 1 N–H and O–H groups in total. The molecule has 2 aliphatic heterocycles. The molecule has 0 aliphatic carbocycles. The van der Waals surface area contributed by atoms with Crippen molar-refractivity contribution >= 4 is 22.6 Å². The second kappa shape index (κ2) is 5.84. The van der Waals surface area contributed by atoms with E-state index in [-0.39, 0.29) is 5.91 Å². The monoisotopic (exact) mass is 359 g/mol. The summed E-state index contributed by atoms with van der Waals surface area (Å²) in [6, 6.07) is 18.1. The SMILES string of the molecule is O=C(O)[C@@H]1c2ccccc2C(=O)N2CCOc3ccc4ccccc4c3[C@@H]12. The molecular weight excluding hydrogens is 342 g/mol. The van der Waals surface area contributed by atoms with E-state index in [4.69, 9.17) is 4.74 Å². The summed E-state index contributed by atoms with van der Waals surface area (Å²) in [7, 11) is 0. The number of aliphatic carboxylic acids is 1. The number of amides is 1. The summed E-state index contributed by atoms with van der Waals surface area (Å²) in [5, 5.41) is 12.0. The van der Waals surface area contributed by atoms with Crippen LogP contribution in [0.5, 0.6) is 5.75 Å². The second-order valence-corrected chi connectivity index (χ2v) is 6.89. The number of carbonyl (C=O) groups is 2. The van der Waals surface area contributed by atoms with E-state index in [1.165, 1.54) is 0 Å². The van der Waals surface area contributed by atoms with Crippen molar-refractivity contribution in [2.75, 3.05) is 13.2 Å². The zero-order chi connectivity index (χ0) is 18.5. The van der Waals surface area contributed by atoms with Crippen LogP contribution >= 0.6 is 0 Å². The van der Waals surface area contributed by atoms with E-state index >= 15 is 0 Å². The fourth-order valence-corrected chi connectivity index (χ4v) is 4.39. The Morgan fingerprint density at radius 1 is 1.04 bits per heavy atom. The van der Waals surface area contributed by atoms with Gasteiger partial charge in [-0.3, -0.25) is 9.59 Å². The van der Waals surface area contributed by atoms with Gasteiger partial charge in [0.2, 0.25) is 0 Å². The summed E-state index contributed by atoms with van der Waals surface area (Å²) < 4.78 is 5.94. The first-order valence-corrected chi connectivity index (χ1v) is 8.94. The van der Waals surface area contributed by atoms with Crippen molar-refractivity contribution in [1.29, 1.82) is 0 Å². The molecule has 1 amide bonds.